The van der Waals surface area contributed by atoms with Gasteiger partial charge in [-0.1, -0.05) is 0 Å². The number of aryl methyl sites for hydroxylation is 1. The molecular weight excluding hydrogens is 206 g/mol. The molecule has 0 aliphatic carbocycles. The summed E-state index contributed by atoms with van der Waals surface area (Å²) < 4.78 is 1.58. The number of halogens is 1. The van der Waals surface area contributed by atoms with Gasteiger partial charge >= 0.3 is 5.97 Å². The maximum absolute atomic E-state index is 10.8. The first-order valence-corrected chi connectivity index (χ1v) is 4.18. The molecule has 0 spiro atoms. The number of imidazole rings is 1. The molecular formula is C8H6ClN3O2. The first kappa shape index (κ1) is 8.96. The Balaban J connectivity index is 2.88. The van der Waals surface area contributed by atoms with Gasteiger partial charge in [0.2, 0.25) is 5.28 Å². The van der Waals surface area contributed by atoms with Gasteiger partial charge in [-0.2, -0.15) is 0 Å². The molecule has 1 N–H and O–H groups in total. The van der Waals surface area contributed by atoms with Crippen LogP contribution in [0.2, 0.25) is 5.28 Å². The lowest BCUT2D eigenvalue weighted by Gasteiger charge is -1.96. The number of fused-ring (bicyclic) bond motifs is 1. The summed E-state index contributed by atoms with van der Waals surface area (Å²) in [5.41, 5.74) is 1.03. The van der Waals surface area contributed by atoms with E-state index in [9.17, 15) is 4.79 Å². The molecule has 0 amide bonds. The summed E-state index contributed by atoms with van der Waals surface area (Å²) in [5, 5.41) is 9.10. The fourth-order valence-corrected chi connectivity index (χ4v) is 1.40. The highest BCUT2D eigenvalue weighted by molar-refractivity contribution is 6.29. The Labute approximate surface area is 84.0 Å². The number of hydrogen-bond acceptors (Lipinski definition) is 3. The van der Waals surface area contributed by atoms with Crippen molar-refractivity contribution in [3.63, 3.8) is 0 Å². The van der Waals surface area contributed by atoms with Crippen molar-refractivity contribution in [3.8, 4) is 0 Å². The minimum atomic E-state index is -1.06. The Morgan fingerprint density at radius 2 is 2.29 bits per heavy atom. The van der Waals surface area contributed by atoms with E-state index in [2.05, 4.69) is 9.97 Å². The van der Waals surface area contributed by atoms with Crippen molar-refractivity contribution in [1.29, 1.82) is 0 Å². The number of pyridine rings is 1. The van der Waals surface area contributed by atoms with Crippen LogP contribution in [-0.4, -0.2) is 25.6 Å². The zero-order valence-electron chi connectivity index (χ0n) is 7.23. The molecule has 0 radical (unpaired) electrons. The number of hydrogen-bond donors (Lipinski definition) is 1. The van der Waals surface area contributed by atoms with Crippen LogP contribution in [0, 0.1) is 0 Å². The molecule has 2 aromatic rings. The number of rotatable bonds is 1. The smallest absolute Gasteiger partial charge is 0.339 e. The van der Waals surface area contributed by atoms with Crippen LogP contribution in [0.3, 0.4) is 0 Å². The summed E-state index contributed by atoms with van der Waals surface area (Å²) >= 11 is 5.76. The second kappa shape index (κ2) is 2.95. The highest BCUT2D eigenvalue weighted by atomic mass is 35.5. The van der Waals surface area contributed by atoms with Crippen LogP contribution in [0.5, 0.6) is 0 Å². The Morgan fingerprint density at radius 1 is 1.57 bits per heavy atom. The summed E-state index contributed by atoms with van der Waals surface area (Å²) in [5.74, 6) is -1.06. The lowest BCUT2D eigenvalue weighted by Crippen LogP contribution is -1.98. The van der Waals surface area contributed by atoms with E-state index in [0.29, 0.717) is 11.0 Å². The van der Waals surface area contributed by atoms with E-state index < -0.39 is 5.97 Å². The predicted molar refractivity (Wildman–Crippen MR) is 50.5 cm³/mol. The van der Waals surface area contributed by atoms with Gasteiger partial charge in [0, 0.05) is 13.2 Å². The number of aromatic nitrogens is 3. The number of carboxylic acids is 1. The Kier molecular flexibility index (Phi) is 1.89. The number of nitrogens with zero attached hydrogens (tertiary/aromatic N) is 3. The molecule has 6 heteroatoms. The van der Waals surface area contributed by atoms with Gasteiger partial charge in [0.15, 0.2) is 0 Å². The van der Waals surface area contributed by atoms with Crippen molar-refractivity contribution in [1.82, 2.24) is 14.5 Å². The van der Waals surface area contributed by atoms with Gasteiger partial charge in [0.25, 0.3) is 0 Å². The average Bonchev–Trinajstić information content (AvgIpc) is 2.43. The van der Waals surface area contributed by atoms with Gasteiger partial charge in [-0.05, 0) is 11.6 Å². The third kappa shape index (κ3) is 1.13. The van der Waals surface area contributed by atoms with Crippen LogP contribution in [0.15, 0.2) is 12.4 Å². The predicted octanol–water partition coefficient (Wildman–Crippen LogP) is 1.32. The van der Waals surface area contributed by atoms with E-state index in [1.54, 1.807) is 11.6 Å². The minimum Gasteiger partial charge on any atom is -0.478 e. The van der Waals surface area contributed by atoms with E-state index in [-0.39, 0.29) is 10.8 Å². The van der Waals surface area contributed by atoms with Crippen LogP contribution in [-0.2, 0) is 7.05 Å². The molecule has 0 saturated heterocycles. The highest BCUT2D eigenvalue weighted by Crippen LogP contribution is 2.20. The molecule has 2 aromatic heterocycles. The molecule has 0 bridgehead atoms. The molecule has 14 heavy (non-hydrogen) atoms. The van der Waals surface area contributed by atoms with Gasteiger partial charge < -0.3 is 9.67 Å². The molecule has 2 heterocycles. The first-order valence-electron chi connectivity index (χ1n) is 3.80. The van der Waals surface area contributed by atoms with E-state index in [0.717, 1.165) is 0 Å². The van der Waals surface area contributed by atoms with Crippen LogP contribution in [0.25, 0.3) is 11.0 Å². The van der Waals surface area contributed by atoms with Crippen LogP contribution < -0.4 is 0 Å². The number of carbonyl (C=O) groups is 1. The van der Waals surface area contributed by atoms with Crippen LogP contribution in [0.1, 0.15) is 10.4 Å². The molecule has 5 nitrogen and oxygen atoms in total. The van der Waals surface area contributed by atoms with Crippen molar-refractivity contribution < 1.29 is 9.90 Å². The van der Waals surface area contributed by atoms with E-state index in [4.69, 9.17) is 16.7 Å². The number of carboxylic acid groups (broad SMARTS) is 1. The maximum atomic E-state index is 10.8. The van der Waals surface area contributed by atoms with E-state index >= 15 is 0 Å². The van der Waals surface area contributed by atoms with Crippen molar-refractivity contribution >= 4 is 28.6 Å². The van der Waals surface area contributed by atoms with E-state index in [1.165, 1.54) is 12.4 Å². The first-order chi connectivity index (χ1) is 6.61. The van der Waals surface area contributed by atoms with Crippen molar-refractivity contribution in [2.45, 2.75) is 0 Å². The summed E-state index contributed by atoms with van der Waals surface area (Å²) in [7, 11) is 1.70. The third-order valence-corrected chi connectivity index (χ3v) is 2.31. The van der Waals surface area contributed by atoms with Crippen molar-refractivity contribution in [3.05, 3.63) is 23.2 Å². The molecule has 2 rings (SSSR count). The fraction of sp³-hybridized carbons (Fsp3) is 0.125. The summed E-state index contributed by atoms with van der Waals surface area (Å²) in [6.45, 7) is 0. The summed E-state index contributed by atoms with van der Waals surface area (Å²) in [4.78, 5) is 18.6. The monoisotopic (exact) mass is 211 g/mol. The molecule has 0 fully saturated rings. The average molecular weight is 212 g/mol. The molecule has 0 saturated carbocycles. The van der Waals surface area contributed by atoms with Gasteiger partial charge in [0.1, 0.15) is 11.1 Å². The lowest BCUT2D eigenvalue weighted by atomic mass is 10.2. The van der Waals surface area contributed by atoms with Crippen molar-refractivity contribution in [2.24, 2.45) is 7.05 Å². The topological polar surface area (TPSA) is 68.0 Å². The molecule has 0 aromatic carbocycles. The van der Waals surface area contributed by atoms with Gasteiger partial charge in [-0.25, -0.2) is 9.78 Å². The molecule has 0 atom stereocenters. The Hall–Kier alpha value is -1.62. The SMILES string of the molecule is Cn1c(Cl)nc2c(C(=O)O)cncc21. The molecule has 0 aliphatic rings. The van der Waals surface area contributed by atoms with Gasteiger partial charge in [-0.3, -0.25) is 4.98 Å². The van der Waals surface area contributed by atoms with E-state index in [1.807, 2.05) is 0 Å². The zero-order valence-corrected chi connectivity index (χ0v) is 7.99. The Morgan fingerprint density at radius 3 is 2.93 bits per heavy atom. The lowest BCUT2D eigenvalue weighted by molar-refractivity contribution is 0.0698. The normalized spacial score (nSPS) is 10.7. The largest absolute Gasteiger partial charge is 0.478 e. The highest BCUT2D eigenvalue weighted by Gasteiger charge is 2.14. The van der Waals surface area contributed by atoms with Crippen LogP contribution in [0.4, 0.5) is 0 Å². The van der Waals surface area contributed by atoms with Gasteiger partial charge in [-0.15, -0.1) is 0 Å². The molecule has 0 unspecified atom stereocenters. The third-order valence-electron chi connectivity index (χ3n) is 1.97. The molecule has 0 aliphatic heterocycles. The van der Waals surface area contributed by atoms with Crippen molar-refractivity contribution in [2.75, 3.05) is 0 Å². The number of aromatic carboxylic acids is 1. The zero-order chi connectivity index (χ0) is 10.3. The standard InChI is InChI=1S/C8H6ClN3O2/c1-12-5-3-10-2-4(7(13)14)6(5)11-8(12)9/h2-3H,1H3,(H,13,14). The maximum Gasteiger partial charge on any atom is 0.339 e. The van der Waals surface area contributed by atoms with Gasteiger partial charge in [0.05, 0.1) is 11.7 Å². The van der Waals surface area contributed by atoms with Crippen LogP contribution >= 0.6 is 11.6 Å². The quantitative estimate of drug-likeness (QED) is 0.773. The fourth-order valence-electron chi connectivity index (χ4n) is 1.23. The second-order valence-corrected chi connectivity index (χ2v) is 3.14. The Bertz CT molecular complexity index is 521. The second-order valence-electron chi connectivity index (χ2n) is 2.80. The molecule has 72 valence electrons. The minimum absolute atomic E-state index is 0.0602. The summed E-state index contributed by atoms with van der Waals surface area (Å²) in [6, 6.07) is 0. The summed E-state index contributed by atoms with van der Waals surface area (Å²) in [6.07, 6.45) is 2.79.